The van der Waals surface area contributed by atoms with Crippen LogP contribution < -0.4 is 17.0 Å². The Kier molecular flexibility index (Phi) is 2.37. The highest BCUT2D eigenvalue weighted by molar-refractivity contribution is 7.80. The van der Waals surface area contributed by atoms with Gasteiger partial charge in [-0.05, 0) is 0 Å². The van der Waals surface area contributed by atoms with Gasteiger partial charge in [-0.2, -0.15) is 4.68 Å². The summed E-state index contributed by atoms with van der Waals surface area (Å²) in [6.45, 7) is 0. The van der Waals surface area contributed by atoms with Crippen molar-refractivity contribution in [3.8, 4) is 5.82 Å². The summed E-state index contributed by atoms with van der Waals surface area (Å²) < 4.78 is 1.24. The molecule has 5 N–H and O–H groups in total. The average Bonchev–Trinajstić information content (AvgIpc) is 2.71. The van der Waals surface area contributed by atoms with E-state index in [1.165, 1.54) is 17.3 Å². The Balaban J connectivity index is 2.55. The number of anilines is 1. The van der Waals surface area contributed by atoms with E-state index in [4.69, 9.17) is 23.7 Å². The lowest BCUT2D eigenvalue weighted by Crippen LogP contribution is -2.17. The van der Waals surface area contributed by atoms with Gasteiger partial charge in [-0.3, -0.25) is 4.79 Å². The predicted molar refractivity (Wildman–Crippen MR) is 60.1 cm³/mol. The van der Waals surface area contributed by atoms with Crippen LogP contribution in [0.4, 0.5) is 5.69 Å². The molecule has 0 atom stereocenters. The van der Waals surface area contributed by atoms with Crippen LogP contribution in [0.1, 0.15) is 5.82 Å². The lowest BCUT2D eigenvalue weighted by molar-refractivity contribution is 0.835. The second kappa shape index (κ2) is 3.70. The maximum Gasteiger partial charge on any atom is 0.276 e. The summed E-state index contributed by atoms with van der Waals surface area (Å²) in [7, 11) is 0. The lowest BCUT2D eigenvalue weighted by Gasteiger charge is -2.00. The number of H-pyrrole nitrogens is 1. The monoisotopic (exact) mass is 237 g/mol. The second-order valence-electron chi connectivity index (χ2n) is 2.85. The molecule has 0 fully saturated rings. The molecule has 9 heteroatoms. The van der Waals surface area contributed by atoms with E-state index in [2.05, 4.69) is 20.1 Å². The van der Waals surface area contributed by atoms with E-state index in [9.17, 15) is 4.79 Å². The molecule has 0 saturated heterocycles. The number of nitrogens with two attached hydrogens (primary N) is 2. The van der Waals surface area contributed by atoms with Gasteiger partial charge in [0, 0.05) is 0 Å². The topological polar surface area (TPSA) is 128 Å². The molecule has 2 aromatic heterocycles. The molecule has 2 rings (SSSR count). The second-order valence-corrected chi connectivity index (χ2v) is 3.29. The molecule has 82 valence electrons. The molecular formula is C7H7N7OS. The van der Waals surface area contributed by atoms with Crippen molar-refractivity contribution in [1.29, 1.82) is 0 Å². The zero-order valence-electron chi connectivity index (χ0n) is 7.91. The quantitative estimate of drug-likeness (QED) is 0.546. The van der Waals surface area contributed by atoms with Gasteiger partial charge in [0.25, 0.3) is 5.56 Å². The van der Waals surface area contributed by atoms with Gasteiger partial charge in [0.05, 0.1) is 6.33 Å². The van der Waals surface area contributed by atoms with Crippen LogP contribution in [0, 0.1) is 0 Å². The molecule has 0 saturated carbocycles. The number of rotatable bonds is 2. The minimum Gasteiger partial charge on any atom is -0.391 e. The van der Waals surface area contributed by atoms with Crippen LogP contribution in [0.15, 0.2) is 17.4 Å². The van der Waals surface area contributed by atoms with Gasteiger partial charge in [0.15, 0.2) is 5.82 Å². The van der Waals surface area contributed by atoms with Crippen LogP contribution in [0.5, 0.6) is 0 Å². The number of nitrogen functional groups attached to an aromatic ring is 1. The van der Waals surface area contributed by atoms with E-state index in [-0.39, 0.29) is 22.3 Å². The van der Waals surface area contributed by atoms with Crippen molar-refractivity contribution in [3.63, 3.8) is 0 Å². The number of nitrogens with zero attached hydrogens (tertiary/aromatic N) is 4. The standard InChI is InChI=1S/C7H7N7OS/c8-3-6(10-1-11-7(3)15)14-2-12-5(13-14)4(9)16/h1-2H,8H2,(H2,9,16)(H,10,11,15). The van der Waals surface area contributed by atoms with Crippen molar-refractivity contribution in [3.05, 3.63) is 28.8 Å². The van der Waals surface area contributed by atoms with E-state index in [0.29, 0.717) is 0 Å². The number of nitrogens with one attached hydrogen (secondary N) is 1. The van der Waals surface area contributed by atoms with E-state index >= 15 is 0 Å². The van der Waals surface area contributed by atoms with Crippen LogP contribution in [0.3, 0.4) is 0 Å². The summed E-state index contributed by atoms with van der Waals surface area (Å²) in [6, 6.07) is 0. The average molecular weight is 237 g/mol. The Morgan fingerprint density at radius 1 is 1.50 bits per heavy atom. The van der Waals surface area contributed by atoms with Gasteiger partial charge in [-0.25, -0.2) is 9.97 Å². The molecule has 0 amide bonds. The SMILES string of the molecule is NC(=S)c1ncn(-c2nc[nH]c(=O)c2N)n1. The summed E-state index contributed by atoms with van der Waals surface area (Å²) in [5.41, 5.74) is 10.4. The van der Waals surface area contributed by atoms with Gasteiger partial charge in [-0.15, -0.1) is 5.10 Å². The fraction of sp³-hybridized carbons (Fsp3) is 0. The maximum atomic E-state index is 11.2. The van der Waals surface area contributed by atoms with E-state index in [1.807, 2.05) is 0 Å². The number of hydrogen-bond donors (Lipinski definition) is 3. The summed E-state index contributed by atoms with van der Waals surface area (Å²) in [5.74, 6) is 0.371. The van der Waals surface area contributed by atoms with Gasteiger partial charge in [0.1, 0.15) is 17.0 Å². The molecule has 0 radical (unpaired) electrons. The first-order chi connectivity index (χ1) is 7.59. The van der Waals surface area contributed by atoms with Gasteiger partial charge in [-0.1, -0.05) is 12.2 Å². The van der Waals surface area contributed by atoms with Gasteiger partial charge in [0.2, 0.25) is 5.82 Å². The van der Waals surface area contributed by atoms with Crippen molar-refractivity contribution in [1.82, 2.24) is 24.7 Å². The molecule has 2 aromatic rings. The van der Waals surface area contributed by atoms with Crippen LogP contribution in [0.2, 0.25) is 0 Å². The third-order valence-corrected chi connectivity index (χ3v) is 1.98. The Labute approximate surface area is 94.3 Å². The zero-order chi connectivity index (χ0) is 11.7. The molecule has 16 heavy (non-hydrogen) atoms. The highest BCUT2D eigenvalue weighted by atomic mass is 32.1. The van der Waals surface area contributed by atoms with Crippen molar-refractivity contribution in [2.24, 2.45) is 5.73 Å². The summed E-state index contributed by atoms with van der Waals surface area (Å²) in [6.07, 6.45) is 2.54. The van der Waals surface area contributed by atoms with E-state index < -0.39 is 5.56 Å². The normalized spacial score (nSPS) is 10.2. The van der Waals surface area contributed by atoms with Crippen LogP contribution in [-0.2, 0) is 0 Å². The fourth-order valence-corrected chi connectivity index (χ4v) is 1.15. The van der Waals surface area contributed by atoms with Crippen molar-refractivity contribution in [2.45, 2.75) is 0 Å². The summed E-state index contributed by atoms with van der Waals surface area (Å²) in [4.78, 5) is 21.3. The lowest BCUT2D eigenvalue weighted by atomic mass is 10.5. The molecule has 2 heterocycles. The highest BCUT2D eigenvalue weighted by Gasteiger charge is 2.10. The molecule has 0 aliphatic carbocycles. The maximum absolute atomic E-state index is 11.2. The molecule has 0 spiro atoms. The predicted octanol–water partition coefficient (Wildman–Crippen LogP) is -1.43. The first-order valence-corrected chi connectivity index (χ1v) is 4.55. The Morgan fingerprint density at radius 3 is 2.88 bits per heavy atom. The first kappa shape index (κ1) is 10.2. The Morgan fingerprint density at radius 2 is 2.25 bits per heavy atom. The van der Waals surface area contributed by atoms with Crippen LogP contribution in [0.25, 0.3) is 5.82 Å². The third kappa shape index (κ3) is 1.63. The minimum absolute atomic E-state index is 0.0538. The number of hydrogen-bond acceptors (Lipinski definition) is 6. The highest BCUT2D eigenvalue weighted by Crippen LogP contribution is 2.06. The Hall–Kier alpha value is -2.29. The smallest absolute Gasteiger partial charge is 0.276 e. The largest absolute Gasteiger partial charge is 0.391 e. The minimum atomic E-state index is -0.447. The molecule has 0 bridgehead atoms. The van der Waals surface area contributed by atoms with E-state index in [0.717, 1.165) is 0 Å². The van der Waals surface area contributed by atoms with E-state index in [1.54, 1.807) is 0 Å². The number of thiocarbonyl (C=S) groups is 1. The molecule has 0 aliphatic rings. The Bertz CT molecular complexity index is 601. The zero-order valence-corrected chi connectivity index (χ0v) is 8.73. The van der Waals surface area contributed by atoms with Crippen molar-refractivity contribution < 1.29 is 0 Å². The fourth-order valence-electron chi connectivity index (χ4n) is 1.06. The summed E-state index contributed by atoms with van der Waals surface area (Å²) in [5, 5.41) is 3.93. The molecular weight excluding hydrogens is 230 g/mol. The van der Waals surface area contributed by atoms with Gasteiger partial charge < -0.3 is 16.5 Å². The molecule has 0 aromatic carbocycles. The number of aromatic amines is 1. The molecule has 0 aliphatic heterocycles. The van der Waals surface area contributed by atoms with Gasteiger partial charge >= 0.3 is 0 Å². The molecule has 0 unspecified atom stereocenters. The summed E-state index contributed by atoms with van der Waals surface area (Å²) >= 11 is 4.70. The third-order valence-electron chi connectivity index (χ3n) is 1.80. The van der Waals surface area contributed by atoms with Crippen molar-refractivity contribution in [2.75, 3.05) is 5.73 Å². The molecule has 8 nitrogen and oxygen atoms in total. The van der Waals surface area contributed by atoms with Crippen LogP contribution in [-0.4, -0.2) is 29.7 Å². The van der Waals surface area contributed by atoms with Crippen molar-refractivity contribution >= 4 is 22.9 Å². The van der Waals surface area contributed by atoms with Crippen LogP contribution >= 0.6 is 12.2 Å². The first-order valence-electron chi connectivity index (χ1n) is 4.14. The number of aromatic nitrogens is 5.